The Balaban J connectivity index is 1.11. The molecule has 51 heavy (non-hydrogen) atoms. The van der Waals surface area contributed by atoms with E-state index in [1.165, 1.54) is 93.9 Å². The lowest BCUT2D eigenvalue weighted by atomic mass is 9.99. The number of rotatable bonds is 5. The number of benzene rings is 7. The summed E-state index contributed by atoms with van der Waals surface area (Å²) in [7, 11) is 0. The van der Waals surface area contributed by atoms with Gasteiger partial charge in [0.15, 0.2) is 0 Å². The van der Waals surface area contributed by atoms with Crippen LogP contribution in [0.15, 0.2) is 176 Å². The molecule has 0 spiro atoms. The van der Waals surface area contributed by atoms with Crippen LogP contribution in [-0.4, -0.2) is 9.13 Å². The maximum Gasteiger partial charge on any atom is 0.0541 e. The molecular weight excluding hydrogens is 617 g/mol. The molecular formula is C49H36N2. The molecule has 1 aliphatic carbocycles. The molecule has 0 radical (unpaired) electrons. The van der Waals surface area contributed by atoms with E-state index in [9.17, 15) is 0 Å². The number of para-hydroxylation sites is 1. The minimum absolute atomic E-state index is 1.11. The van der Waals surface area contributed by atoms with E-state index in [0.717, 1.165) is 12.8 Å². The van der Waals surface area contributed by atoms with Crippen molar-refractivity contribution in [2.45, 2.75) is 19.8 Å². The van der Waals surface area contributed by atoms with Gasteiger partial charge in [0.2, 0.25) is 0 Å². The van der Waals surface area contributed by atoms with Crippen LogP contribution in [0.4, 0.5) is 0 Å². The van der Waals surface area contributed by atoms with Crippen LogP contribution in [0.2, 0.25) is 0 Å². The van der Waals surface area contributed by atoms with Gasteiger partial charge in [-0.3, -0.25) is 0 Å². The van der Waals surface area contributed by atoms with Crippen molar-refractivity contribution >= 4 is 49.2 Å². The normalized spacial score (nSPS) is 13.1. The van der Waals surface area contributed by atoms with E-state index in [0.29, 0.717) is 0 Å². The van der Waals surface area contributed by atoms with E-state index in [-0.39, 0.29) is 0 Å². The summed E-state index contributed by atoms with van der Waals surface area (Å²) in [6.45, 7) is 2.19. The smallest absolute Gasteiger partial charge is 0.0541 e. The molecule has 1 aliphatic rings. The molecule has 0 bridgehead atoms. The average molecular weight is 653 g/mol. The maximum atomic E-state index is 2.42. The average Bonchev–Trinajstić information content (AvgIpc) is 3.70. The molecule has 2 aromatic heterocycles. The summed E-state index contributed by atoms with van der Waals surface area (Å²) in [6.07, 6.45) is 9.11. The third kappa shape index (κ3) is 4.94. The molecule has 9 aromatic rings. The molecule has 0 amide bonds. The second-order valence-corrected chi connectivity index (χ2v) is 13.8. The third-order valence-corrected chi connectivity index (χ3v) is 10.6. The molecule has 242 valence electrons. The zero-order valence-electron chi connectivity index (χ0n) is 28.6. The van der Waals surface area contributed by atoms with Gasteiger partial charge in [0.1, 0.15) is 0 Å². The summed E-state index contributed by atoms with van der Waals surface area (Å²) in [6, 6.07) is 58.2. The Morgan fingerprint density at radius 3 is 1.73 bits per heavy atom. The van der Waals surface area contributed by atoms with Crippen LogP contribution in [-0.2, 0) is 0 Å². The number of fused-ring (bicyclic) bond motifs is 6. The first kappa shape index (κ1) is 29.5. The Labute approximate surface area is 297 Å². The zero-order chi connectivity index (χ0) is 33.9. The topological polar surface area (TPSA) is 9.86 Å². The fourth-order valence-electron chi connectivity index (χ4n) is 8.11. The molecule has 0 saturated heterocycles. The van der Waals surface area contributed by atoms with E-state index in [1.54, 1.807) is 0 Å². The van der Waals surface area contributed by atoms with Crippen LogP contribution in [0, 0.1) is 6.92 Å². The number of aromatic nitrogens is 2. The number of nitrogens with zero attached hydrogens (tertiary/aromatic N) is 2. The highest BCUT2D eigenvalue weighted by Crippen LogP contribution is 2.39. The fourth-order valence-corrected chi connectivity index (χ4v) is 8.11. The van der Waals surface area contributed by atoms with E-state index in [1.807, 2.05) is 0 Å². The summed E-state index contributed by atoms with van der Waals surface area (Å²) in [5.74, 6) is 0. The fraction of sp³-hybridized carbons (Fsp3) is 0.0612. The Kier molecular flexibility index (Phi) is 6.89. The lowest BCUT2D eigenvalue weighted by Crippen LogP contribution is -1.95. The summed E-state index contributed by atoms with van der Waals surface area (Å²) in [4.78, 5) is 0. The van der Waals surface area contributed by atoms with Gasteiger partial charge in [0.25, 0.3) is 0 Å². The summed E-state index contributed by atoms with van der Waals surface area (Å²) < 4.78 is 4.83. The molecule has 0 fully saturated rings. The Morgan fingerprint density at radius 2 is 0.980 bits per heavy atom. The zero-order valence-corrected chi connectivity index (χ0v) is 28.6. The second-order valence-electron chi connectivity index (χ2n) is 13.8. The molecule has 10 rings (SSSR count). The highest BCUT2D eigenvalue weighted by atomic mass is 15.0. The van der Waals surface area contributed by atoms with Gasteiger partial charge in [-0.2, -0.15) is 0 Å². The van der Waals surface area contributed by atoms with Crippen molar-refractivity contribution in [2.75, 3.05) is 0 Å². The van der Waals surface area contributed by atoms with Crippen molar-refractivity contribution in [3.05, 3.63) is 187 Å². The van der Waals surface area contributed by atoms with Crippen LogP contribution in [0.25, 0.3) is 82.8 Å². The minimum atomic E-state index is 1.11. The van der Waals surface area contributed by atoms with Gasteiger partial charge in [-0.25, -0.2) is 0 Å². The van der Waals surface area contributed by atoms with E-state index >= 15 is 0 Å². The molecule has 7 aromatic carbocycles. The van der Waals surface area contributed by atoms with Gasteiger partial charge >= 0.3 is 0 Å². The van der Waals surface area contributed by atoms with Crippen LogP contribution in [0.3, 0.4) is 0 Å². The monoisotopic (exact) mass is 652 g/mol. The first-order valence-electron chi connectivity index (χ1n) is 17.9. The third-order valence-electron chi connectivity index (χ3n) is 10.6. The highest BCUT2D eigenvalue weighted by Gasteiger charge is 2.17. The Morgan fingerprint density at radius 1 is 0.392 bits per heavy atom. The summed E-state index contributed by atoms with van der Waals surface area (Å²) in [5, 5.41) is 5.07. The number of hydrogen-bond donors (Lipinski definition) is 0. The van der Waals surface area contributed by atoms with Crippen molar-refractivity contribution in [1.29, 1.82) is 0 Å². The lowest BCUT2D eigenvalue weighted by Gasteiger charge is -2.12. The van der Waals surface area contributed by atoms with Crippen molar-refractivity contribution in [2.24, 2.45) is 0 Å². The van der Waals surface area contributed by atoms with Crippen molar-refractivity contribution in [1.82, 2.24) is 9.13 Å². The number of allylic oxidation sites excluding steroid dienone is 4. The van der Waals surface area contributed by atoms with Gasteiger partial charge in [0.05, 0.1) is 22.1 Å². The first-order valence-corrected chi connectivity index (χ1v) is 17.9. The van der Waals surface area contributed by atoms with Crippen LogP contribution in [0.1, 0.15) is 24.0 Å². The predicted octanol–water partition coefficient (Wildman–Crippen LogP) is 13.3. The van der Waals surface area contributed by atoms with Crippen LogP contribution >= 0.6 is 0 Å². The maximum absolute atomic E-state index is 2.42. The standard InChI is InChI=1S/C49H36N2/c1-33-19-26-47-43(29-33)45-32-39(23-28-49(45)50(47)40-24-20-36(21-25-40)34-11-4-2-5-12-34)38-22-27-48-44(31-38)42-17-8-9-18-46(42)51(48)41-16-10-15-37(30-41)35-13-6-3-7-14-35/h3-4,6-32H,2,5H2,1H3. The largest absolute Gasteiger partial charge is 0.309 e. The first-order chi connectivity index (χ1) is 25.2. The number of aryl methyl sites for hydroxylation is 1. The van der Waals surface area contributed by atoms with Crippen molar-refractivity contribution < 1.29 is 0 Å². The van der Waals surface area contributed by atoms with Crippen molar-refractivity contribution in [3.8, 4) is 33.6 Å². The molecule has 2 heteroatoms. The molecule has 0 saturated carbocycles. The van der Waals surface area contributed by atoms with Gasteiger partial charge in [-0.05, 0) is 120 Å². The Hall–Kier alpha value is -6.38. The summed E-state index contributed by atoms with van der Waals surface area (Å²) in [5.41, 5.74) is 16.0. The van der Waals surface area contributed by atoms with Crippen molar-refractivity contribution in [3.63, 3.8) is 0 Å². The molecule has 0 N–H and O–H groups in total. The van der Waals surface area contributed by atoms with Gasteiger partial charge < -0.3 is 9.13 Å². The molecule has 2 nitrogen and oxygen atoms in total. The quantitative estimate of drug-likeness (QED) is 0.175. The van der Waals surface area contributed by atoms with E-state index in [2.05, 4.69) is 192 Å². The van der Waals surface area contributed by atoms with Gasteiger partial charge in [-0.15, -0.1) is 0 Å². The number of hydrogen-bond acceptors (Lipinski definition) is 0. The van der Waals surface area contributed by atoms with Crippen LogP contribution in [0.5, 0.6) is 0 Å². The highest BCUT2D eigenvalue weighted by molar-refractivity contribution is 6.13. The predicted molar refractivity (Wildman–Crippen MR) is 217 cm³/mol. The van der Waals surface area contributed by atoms with Gasteiger partial charge in [0, 0.05) is 32.9 Å². The molecule has 0 atom stereocenters. The minimum Gasteiger partial charge on any atom is -0.309 e. The molecule has 0 unspecified atom stereocenters. The van der Waals surface area contributed by atoms with E-state index < -0.39 is 0 Å². The van der Waals surface area contributed by atoms with Gasteiger partial charge in [-0.1, -0.05) is 115 Å². The van der Waals surface area contributed by atoms with Crippen LogP contribution < -0.4 is 0 Å². The summed E-state index contributed by atoms with van der Waals surface area (Å²) >= 11 is 0. The molecule has 0 aliphatic heterocycles. The Bertz CT molecular complexity index is 2840. The molecule has 2 heterocycles. The lowest BCUT2D eigenvalue weighted by molar-refractivity contribution is 1.04. The second kappa shape index (κ2) is 11.9. The SMILES string of the molecule is Cc1ccc2c(c1)c1cc(-c3ccc4c(c3)c3ccccc3n4-c3cccc(-c4ccccc4)c3)ccc1n2-c1ccc(C2=CCCC=C2)cc1. The van der Waals surface area contributed by atoms with E-state index in [4.69, 9.17) is 0 Å².